The monoisotopic (exact) mass is 241 g/mol. The minimum atomic E-state index is -0.844. The highest BCUT2D eigenvalue weighted by molar-refractivity contribution is 7.12. The number of carboxylic acid groups (broad SMARTS) is 1. The Morgan fingerprint density at radius 3 is 3.25 bits per heavy atom. The van der Waals surface area contributed by atoms with Gasteiger partial charge in [-0.1, -0.05) is 0 Å². The van der Waals surface area contributed by atoms with Crippen molar-refractivity contribution in [2.24, 2.45) is 0 Å². The number of rotatable bonds is 5. The van der Waals surface area contributed by atoms with Gasteiger partial charge in [-0.15, -0.1) is 11.3 Å². The average molecular weight is 241 g/mol. The highest BCUT2D eigenvalue weighted by Crippen LogP contribution is 2.17. The van der Waals surface area contributed by atoms with Gasteiger partial charge in [0.15, 0.2) is 0 Å². The van der Waals surface area contributed by atoms with Crippen LogP contribution in [0.25, 0.3) is 0 Å². The lowest BCUT2D eigenvalue weighted by Crippen LogP contribution is -2.26. The van der Waals surface area contributed by atoms with E-state index in [1.54, 1.807) is 0 Å². The topological polar surface area (TPSA) is 58.6 Å². The minimum Gasteiger partial charge on any atom is -0.477 e. The molecule has 0 aliphatic carbocycles. The van der Waals surface area contributed by atoms with Gasteiger partial charge in [-0.2, -0.15) is 0 Å². The Labute approximate surface area is 98.2 Å². The molecular formula is C11H15NO3S. The molecule has 1 aromatic heterocycles. The van der Waals surface area contributed by atoms with Crippen LogP contribution in [0.2, 0.25) is 0 Å². The zero-order chi connectivity index (χ0) is 11.4. The highest BCUT2D eigenvalue weighted by Gasteiger charge is 2.15. The fourth-order valence-corrected chi connectivity index (χ4v) is 2.60. The van der Waals surface area contributed by atoms with Crippen molar-refractivity contribution in [3.63, 3.8) is 0 Å². The largest absolute Gasteiger partial charge is 0.477 e. The first-order valence-corrected chi connectivity index (χ1v) is 6.27. The van der Waals surface area contributed by atoms with Crippen molar-refractivity contribution in [1.82, 2.24) is 5.32 Å². The summed E-state index contributed by atoms with van der Waals surface area (Å²) in [6.45, 7) is 2.26. The van der Waals surface area contributed by atoms with Gasteiger partial charge in [0, 0.05) is 19.7 Å². The van der Waals surface area contributed by atoms with Crippen molar-refractivity contribution in [3.8, 4) is 0 Å². The van der Waals surface area contributed by atoms with Crippen LogP contribution in [0.15, 0.2) is 11.4 Å². The van der Waals surface area contributed by atoms with E-state index in [1.165, 1.54) is 11.3 Å². The van der Waals surface area contributed by atoms with E-state index < -0.39 is 5.97 Å². The third kappa shape index (κ3) is 2.81. The molecule has 4 nitrogen and oxygen atoms in total. The molecule has 1 aliphatic rings. The van der Waals surface area contributed by atoms with E-state index in [0.29, 0.717) is 17.5 Å². The summed E-state index contributed by atoms with van der Waals surface area (Å²) in [5, 5.41) is 14.0. The molecule has 2 N–H and O–H groups in total. The molecule has 1 unspecified atom stereocenters. The summed E-state index contributed by atoms with van der Waals surface area (Å²) in [6, 6.07) is 1.86. The van der Waals surface area contributed by atoms with Crippen LogP contribution in [-0.4, -0.2) is 30.3 Å². The third-order valence-electron chi connectivity index (χ3n) is 2.65. The Hall–Kier alpha value is -0.910. The SMILES string of the molecule is O=C(O)c1sccc1CNCC1CCCO1. The Bertz CT molecular complexity index is 358. The zero-order valence-corrected chi connectivity index (χ0v) is 9.76. The van der Waals surface area contributed by atoms with Gasteiger partial charge in [0.2, 0.25) is 0 Å². The predicted octanol–water partition coefficient (Wildman–Crippen LogP) is 1.71. The summed E-state index contributed by atoms with van der Waals surface area (Å²) in [5.41, 5.74) is 0.857. The number of aromatic carboxylic acids is 1. The number of hydrogen-bond donors (Lipinski definition) is 2. The van der Waals surface area contributed by atoms with Gasteiger partial charge in [0.05, 0.1) is 6.10 Å². The highest BCUT2D eigenvalue weighted by atomic mass is 32.1. The molecule has 1 fully saturated rings. The fourth-order valence-electron chi connectivity index (χ4n) is 1.84. The summed E-state index contributed by atoms with van der Waals surface area (Å²) in [4.78, 5) is 11.3. The van der Waals surface area contributed by atoms with Gasteiger partial charge in [-0.05, 0) is 29.9 Å². The van der Waals surface area contributed by atoms with E-state index in [9.17, 15) is 4.79 Å². The smallest absolute Gasteiger partial charge is 0.346 e. The molecule has 1 aromatic rings. The van der Waals surface area contributed by atoms with Gasteiger partial charge in [0.1, 0.15) is 4.88 Å². The summed E-state index contributed by atoms with van der Waals surface area (Å²) in [5.74, 6) is -0.844. The maximum absolute atomic E-state index is 10.9. The van der Waals surface area contributed by atoms with Crippen LogP contribution in [-0.2, 0) is 11.3 Å². The van der Waals surface area contributed by atoms with Crippen LogP contribution in [0.1, 0.15) is 28.1 Å². The van der Waals surface area contributed by atoms with Crippen molar-refractivity contribution in [2.75, 3.05) is 13.2 Å². The number of ether oxygens (including phenoxy) is 1. The lowest BCUT2D eigenvalue weighted by Gasteiger charge is -2.10. The molecular weight excluding hydrogens is 226 g/mol. The predicted molar refractivity (Wildman–Crippen MR) is 62.0 cm³/mol. The Kier molecular flexibility index (Phi) is 3.93. The van der Waals surface area contributed by atoms with Crippen LogP contribution in [0.3, 0.4) is 0 Å². The van der Waals surface area contributed by atoms with Gasteiger partial charge in [-0.3, -0.25) is 0 Å². The molecule has 2 rings (SSSR count). The summed E-state index contributed by atoms with van der Waals surface area (Å²) >= 11 is 1.27. The third-order valence-corrected chi connectivity index (χ3v) is 3.60. The molecule has 16 heavy (non-hydrogen) atoms. The van der Waals surface area contributed by atoms with Crippen molar-refractivity contribution in [2.45, 2.75) is 25.5 Å². The molecule has 5 heteroatoms. The Morgan fingerprint density at radius 2 is 2.56 bits per heavy atom. The molecule has 1 atom stereocenters. The van der Waals surface area contributed by atoms with E-state index >= 15 is 0 Å². The van der Waals surface area contributed by atoms with Crippen LogP contribution in [0.4, 0.5) is 0 Å². The summed E-state index contributed by atoms with van der Waals surface area (Å²) in [6.07, 6.45) is 2.53. The second-order valence-electron chi connectivity index (χ2n) is 3.85. The van der Waals surface area contributed by atoms with Crippen LogP contribution >= 0.6 is 11.3 Å². The van der Waals surface area contributed by atoms with Gasteiger partial charge in [-0.25, -0.2) is 4.79 Å². The second-order valence-corrected chi connectivity index (χ2v) is 4.76. The van der Waals surface area contributed by atoms with Crippen LogP contribution in [0, 0.1) is 0 Å². The van der Waals surface area contributed by atoms with E-state index in [-0.39, 0.29) is 0 Å². The average Bonchev–Trinajstić information content (AvgIpc) is 2.87. The first-order valence-electron chi connectivity index (χ1n) is 5.39. The molecule has 2 heterocycles. The molecule has 0 amide bonds. The summed E-state index contributed by atoms with van der Waals surface area (Å²) < 4.78 is 5.47. The Balaban J connectivity index is 1.80. The molecule has 88 valence electrons. The van der Waals surface area contributed by atoms with E-state index in [1.807, 2.05) is 11.4 Å². The zero-order valence-electron chi connectivity index (χ0n) is 8.94. The van der Waals surface area contributed by atoms with Crippen LogP contribution in [0.5, 0.6) is 0 Å². The fraction of sp³-hybridized carbons (Fsp3) is 0.545. The lowest BCUT2D eigenvalue weighted by molar-refractivity contribution is 0.0701. The number of carboxylic acids is 1. The Morgan fingerprint density at radius 1 is 1.69 bits per heavy atom. The molecule has 0 aromatic carbocycles. The molecule has 0 spiro atoms. The van der Waals surface area contributed by atoms with Crippen molar-refractivity contribution in [3.05, 3.63) is 21.9 Å². The standard InChI is InChI=1S/C11H15NO3S/c13-11(14)10-8(3-5-16-10)6-12-7-9-2-1-4-15-9/h3,5,9,12H,1-2,4,6-7H2,(H,13,14). The quantitative estimate of drug-likeness (QED) is 0.824. The van der Waals surface area contributed by atoms with E-state index in [2.05, 4.69) is 5.32 Å². The number of thiophene rings is 1. The number of hydrogen-bond acceptors (Lipinski definition) is 4. The lowest BCUT2D eigenvalue weighted by atomic mass is 10.2. The van der Waals surface area contributed by atoms with Crippen molar-refractivity contribution < 1.29 is 14.6 Å². The van der Waals surface area contributed by atoms with E-state index in [4.69, 9.17) is 9.84 Å². The molecule has 0 bridgehead atoms. The van der Waals surface area contributed by atoms with Crippen LogP contribution < -0.4 is 5.32 Å². The number of nitrogens with one attached hydrogen (secondary N) is 1. The van der Waals surface area contributed by atoms with Gasteiger partial charge in [0.25, 0.3) is 0 Å². The molecule has 1 aliphatic heterocycles. The normalized spacial score (nSPS) is 20.1. The van der Waals surface area contributed by atoms with Crippen molar-refractivity contribution in [1.29, 1.82) is 0 Å². The van der Waals surface area contributed by atoms with Gasteiger partial charge < -0.3 is 15.2 Å². The molecule has 1 saturated heterocycles. The van der Waals surface area contributed by atoms with Crippen molar-refractivity contribution >= 4 is 17.3 Å². The van der Waals surface area contributed by atoms with Gasteiger partial charge >= 0.3 is 5.97 Å². The summed E-state index contributed by atoms with van der Waals surface area (Å²) in [7, 11) is 0. The maximum Gasteiger partial charge on any atom is 0.346 e. The molecule has 0 radical (unpaired) electrons. The molecule has 0 saturated carbocycles. The second kappa shape index (κ2) is 5.43. The maximum atomic E-state index is 10.9. The minimum absolute atomic E-state index is 0.298. The first-order chi connectivity index (χ1) is 7.77. The number of carbonyl (C=O) groups is 1. The van der Waals surface area contributed by atoms with E-state index in [0.717, 1.165) is 31.6 Å². The first kappa shape index (κ1) is 11.6.